The average molecular weight is 299 g/mol. The summed E-state index contributed by atoms with van der Waals surface area (Å²) in [6.45, 7) is 2.70. The van der Waals surface area contributed by atoms with E-state index in [0.29, 0.717) is 24.1 Å². The Hall–Kier alpha value is -1.71. The molecule has 22 heavy (non-hydrogen) atoms. The van der Waals surface area contributed by atoms with Gasteiger partial charge in [-0.2, -0.15) is 0 Å². The third kappa shape index (κ3) is 3.06. The summed E-state index contributed by atoms with van der Waals surface area (Å²) < 4.78 is 13.4. The van der Waals surface area contributed by atoms with E-state index in [1.54, 1.807) is 12.1 Å². The molecule has 0 aliphatic heterocycles. The summed E-state index contributed by atoms with van der Waals surface area (Å²) in [7, 11) is 0. The van der Waals surface area contributed by atoms with E-state index in [2.05, 4.69) is 36.5 Å². The van der Waals surface area contributed by atoms with Crippen molar-refractivity contribution < 1.29 is 9.50 Å². The first kappa shape index (κ1) is 15.2. The van der Waals surface area contributed by atoms with Crippen molar-refractivity contribution in [3.63, 3.8) is 0 Å². The van der Waals surface area contributed by atoms with Gasteiger partial charge in [0.15, 0.2) is 0 Å². The maximum absolute atomic E-state index is 13.4. The van der Waals surface area contributed by atoms with E-state index in [0.717, 1.165) is 12.0 Å². The molecule has 2 aromatic carbocycles. The minimum Gasteiger partial charge on any atom is -0.392 e. The lowest BCUT2D eigenvalue weighted by molar-refractivity contribution is 0.275. The Kier molecular flexibility index (Phi) is 4.55. The topological polar surface area (TPSA) is 32.3 Å². The van der Waals surface area contributed by atoms with Crippen molar-refractivity contribution >= 4 is 0 Å². The third-order valence-electron chi connectivity index (χ3n) is 4.62. The van der Waals surface area contributed by atoms with Gasteiger partial charge in [0.1, 0.15) is 5.82 Å². The molecule has 3 heteroatoms. The molecule has 2 N–H and O–H groups in total. The van der Waals surface area contributed by atoms with Gasteiger partial charge < -0.3 is 10.4 Å². The molecule has 0 radical (unpaired) electrons. The van der Waals surface area contributed by atoms with E-state index < -0.39 is 0 Å². The molecule has 0 bridgehead atoms. The Labute approximate surface area is 131 Å². The maximum Gasteiger partial charge on any atom is 0.128 e. The quantitative estimate of drug-likeness (QED) is 0.893. The number of aliphatic hydroxyl groups is 1. The minimum atomic E-state index is -0.344. The molecule has 0 aromatic heterocycles. The number of nitrogens with one attached hydrogen (secondary N) is 1. The molecule has 3 rings (SSSR count). The van der Waals surface area contributed by atoms with Crippen molar-refractivity contribution in [3.05, 3.63) is 70.5 Å². The van der Waals surface area contributed by atoms with Gasteiger partial charge in [-0.05, 0) is 47.6 Å². The summed E-state index contributed by atoms with van der Waals surface area (Å²) in [6, 6.07) is 13.9. The van der Waals surface area contributed by atoms with E-state index >= 15 is 0 Å². The molecule has 0 saturated heterocycles. The number of hydrogen-bond donors (Lipinski definition) is 2. The Bertz CT molecular complexity index is 656. The molecular formula is C19H22FNO. The molecule has 2 atom stereocenters. The molecule has 1 aliphatic carbocycles. The van der Waals surface area contributed by atoms with Gasteiger partial charge in [-0.3, -0.25) is 0 Å². The van der Waals surface area contributed by atoms with E-state index in [1.807, 2.05) is 0 Å². The standard InChI is InChI=1S/C19H22FNO/c1-13-6-9-19(17-5-3-2-4-16(13)17)21-11-14-7-8-18(20)15(10-14)12-22/h2-5,7-8,10,13,19,21-22H,6,9,11-12H2,1H3. The van der Waals surface area contributed by atoms with Crippen molar-refractivity contribution in [3.8, 4) is 0 Å². The number of benzene rings is 2. The highest BCUT2D eigenvalue weighted by atomic mass is 19.1. The first-order chi connectivity index (χ1) is 10.7. The zero-order chi connectivity index (χ0) is 15.5. The van der Waals surface area contributed by atoms with Gasteiger partial charge >= 0.3 is 0 Å². The van der Waals surface area contributed by atoms with Crippen LogP contribution in [0.2, 0.25) is 0 Å². The molecule has 2 nitrogen and oxygen atoms in total. The molecule has 2 aromatic rings. The van der Waals surface area contributed by atoms with Gasteiger partial charge in [-0.25, -0.2) is 4.39 Å². The number of aliphatic hydroxyl groups excluding tert-OH is 1. The Morgan fingerprint density at radius 1 is 1.14 bits per heavy atom. The molecule has 2 unspecified atom stereocenters. The van der Waals surface area contributed by atoms with Crippen molar-refractivity contribution in [1.82, 2.24) is 5.32 Å². The second-order valence-corrected chi connectivity index (χ2v) is 6.12. The Morgan fingerprint density at radius 2 is 1.91 bits per heavy atom. The van der Waals surface area contributed by atoms with E-state index in [-0.39, 0.29) is 12.4 Å². The SMILES string of the molecule is CC1CCC(NCc2ccc(F)c(CO)c2)c2ccccc21. The molecule has 0 amide bonds. The summed E-state index contributed by atoms with van der Waals surface area (Å²) in [5, 5.41) is 12.7. The van der Waals surface area contributed by atoms with E-state index in [4.69, 9.17) is 5.11 Å². The van der Waals surface area contributed by atoms with Crippen LogP contribution in [-0.2, 0) is 13.2 Å². The van der Waals surface area contributed by atoms with Gasteiger partial charge in [0.25, 0.3) is 0 Å². The van der Waals surface area contributed by atoms with E-state index in [1.165, 1.54) is 23.6 Å². The van der Waals surface area contributed by atoms with Crippen molar-refractivity contribution in [2.45, 2.75) is 44.9 Å². The molecule has 0 fully saturated rings. The van der Waals surface area contributed by atoms with Crippen LogP contribution in [0.25, 0.3) is 0 Å². The van der Waals surface area contributed by atoms with Gasteiger partial charge in [-0.1, -0.05) is 37.3 Å². The minimum absolute atomic E-state index is 0.260. The first-order valence-electron chi connectivity index (χ1n) is 7.89. The second kappa shape index (κ2) is 6.59. The highest BCUT2D eigenvalue weighted by Crippen LogP contribution is 2.37. The van der Waals surface area contributed by atoms with Crippen LogP contribution in [0, 0.1) is 5.82 Å². The monoisotopic (exact) mass is 299 g/mol. The normalized spacial score (nSPS) is 20.7. The summed E-state index contributed by atoms with van der Waals surface area (Å²) in [5.41, 5.74) is 4.17. The average Bonchev–Trinajstić information content (AvgIpc) is 2.56. The fourth-order valence-corrected chi connectivity index (χ4v) is 3.32. The Morgan fingerprint density at radius 3 is 2.68 bits per heavy atom. The first-order valence-corrected chi connectivity index (χ1v) is 7.89. The van der Waals surface area contributed by atoms with Gasteiger partial charge in [-0.15, -0.1) is 0 Å². The number of fused-ring (bicyclic) bond motifs is 1. The fraction of sp³-hybridized carbons (Fsp3) is 0.368. The smallest absolute Gasteiger partial charge is 0.128 e. The fourth-order valence-electron chi connectivity index (χ4n) is 3.32. The predicted molar refractivity (Wildman–Crippen MR) is 86.0 cm³/mol. The van der Waals surface area contributed by atoms with Gasteiger partial charge in [0.05, 0.1) is 6.61 Å². The van der Waals surface area contributed by atoms with Crippen LogP contribution >= 0.6 is 0 Å². The van der Waals surface area contributed by atoms with Crippen molar-refractivity contribution in [2.24, 2.45) is 0 Å². The third-order valence-corrected chi connectivity index (χ3v) is 4.62. The molecule has 116 valence electrons. The summed E-state index contributed by atoms with van der Waals surface area (Å²) >= 11 is 0. The summed E-state index contributed by atoms with van der Waals surface area (Å²) in [5.74, 6) is 0.268. The number of rotatable bonds is 4. The second-order valence-electron chi connectivity index (χ2n) is 6.12. The lowest BCUT2D eigenvalue weighted by Crippen LogP contribution is -2.26. The lowest BCUT2D eigenvalue weighted by Gasteiger charge is -2.30. The largest absolute Gasteiger partial charge is 0.392 e. The lowest BCUT2D eigenvalue weighted by atomic mass is 9.81. The van der Waals surface area contributed by atoms with Crippen molar-refractivity contribution in [2.75, 3.05) is 0 Å². The highest BCUT2D eigenvalue weighted by molar-refractivity contribution is 5.35. The number of halogens is 1. The van der Waals surface area contributed by atoms with Gasteiger partial charge in [0.2, 0.25) is 0 Å². The van der Waals surface area contributed by atoms with Crippen LogP contribution < -0.4 is 5.32 Å². The van der Waals surface area contributed by atoms with Crippen LogP contribution in [0.4, 0.5) is 4.39 Å². The molecule has 0 heterocycles. The maximum atomic E-state index is 13.4. The molecule has 0 saturated carbocycles. The zero-order valence-electron chi connectivity index (χ0n) is 12.8. The van der Waals surface area contributed by atoms with Crippen molar-refractivity contribution in [1.29, 1.82) is 0 Å². The molecule has 0 spiro atoms. The van der Waals surface area contributed by atoms with E-state index in [9.17, 15) is 4.39 Å². The summed E-state index contributed by atoms with van der Waals surface area (Å²) in [4.78, 5) is 0. The predicted octanol–water partition coefficient (Wildman–Crippen LogP) is 4.05. The van der Waals surface area contributed by atoms with Crippen LogP contribution in [0.3, 0.4) is 0 Å². The van der Waals surface area contributed by atoms with Crippen LogP contribution in [0.1, 0.15) is 54.0 Å². The summed E-state index contributed by atoms with van der Waals surface area (Å²) in [6.07, 6.45) is 2.30. The van der Waals surface area contributed by atoms with Crippen LogP contribution in [0.15, 0.2) is 42.5 Å². The Balaban J connectivity index is 1.73. The number of hydrogen-bond acceptors (Lipinski definition) is 2. The van der Waals surface area contributed by atoms with Crippen LogP contribution in [-0.4, -0.2) is 5.11 Å². The molecule has 1 aliphatic rings. The zero-order valence-corrected chi connectivity index (χ0v) is 12.8. The van der Waals surface area contributed by atoms with Crippen LogP contribution in [0.5, 0.6) is 0 Å². The molecular weight excluding hydrogens is 277 g/mol. The highest BCUT2D eigenvalue weighted by Gasteiger charge is 2.23. The van der Waals surface area contributed by atoms with Gasteiger partial charge in [0, 0.05) is 18.2 Å².